The van der Waals surface area contributed by atoms with Crippen molar-refractivity contribution in [1.29, 1.82) is 0 Å². The maximum absolute atomic E-state index is 12.9. The highest BCUT2D eigenvalue weighted by atomic mass is 32.1. The molecule has 2 aliphatic heterocycles. The minimum Gasteiger partial charge on any atom is -0.497 e. The lowest BCUT2D eigenvalue weighted by Crippen LogP contribution is -2.55. The fourth-order valence-corrected chi connectivity index (χ4v) is 4.87. The molecule has 0 N–H and O–H groups in total. The molecule has 2 aliphatic rings. The van der Waals surface area contributed by atoms with Gasteiger partial charge < -0.3 is 24.0 Å². The highest BCUT2D eigenvalue weighted by Crippen LogP contribution is 2.31. The number of aromatic nitrogens is 1. The van der Waals surface area contributed by atoms with Crippen molar-refractivity contribution < 1.29 is 23.8 Å². The molecule has 0 radical (unpaired) electrons. The monoisotopic (exact) mass is 479 g/mol. The maximum atomic E-state index is 12.9. The Morgan fingerprint density at radius 1 is 1.03 bits per heavy atom. The van der Waals surface area contributed by atoms with E-state index in [1.807, 2.05) is 47.8 Å². The molecule has 176 valence electrons. The van der Waals surface area contributed by atoms with E-state index in [2.05, 4.69) is 4.98 Å². The molecular weight excluding hydrogens is 454 g/mol. The normalized spacial score (nSPS) is 17.4. The van der Waals surface area contributed by atoms with Crippen LogP contribution in [0.15, 0.2) is 53.9 Å². The lowest BCUT2D eigenvalue weighted by Gasteiger charge is -2.37. The van der Waals surface area contributed by atoms with Crippen LogP contribution in [0.25, 0.3) is 10.6 Å². The zero-order valence-corrected chi connectivity index (χ0v) is 19.6. The summed E-state index contributed by atoms with van der Waals surface area (Å²) in [4.78, 5) is 33.9. The SMILES string of the molecule is COc1ccc(-c2nc(CC(=O)N3CCN(C(=O)C4COc5ccccc5O4)CC3)cs2)cc1. The van der Waals surface area contributed by atoms with E-state index < -0.39 is 6.10 Å². The van der Waals surface area contributed by atoms with Crippen molar-refractivity contribution in [3.63, 3.8) is 0 Å². The first kappa shape index (κ1) is 22.2. The Labute approximate surface area is 201 Å². The Kier molecular flexibility index (Phi) is 6.35. The number of methoxy groups -OCH3 is 1. The quantitative estimate of drug-likeness (QED) is 0.560. The number of amides is 2. The molecule has 1 unspecified atom stereocenters. The second-order valence-electron chi connectivity index (χ2n) is 8.12. The number of thiazole rings is 1. The number of fused-ring (bicyclic) bond motifs is 1. The molecule has 9 heteroatoms. The van der Waals surface area contributed by atoms with Crippen LogP contribution in [0.1, 0.15) is 5.69 Å². The second-order valence-corrected chi connectivity index (χ2v) is 8.98. The summed E-state index contributed by atoms with van der Waals surface area (Å²) in [5.41, 5.74) is 1.75. The summed E-state index contributed by atoms with van der Waals surface area (Å²) in [6.45, 7) is 2.12. The van der Waals surface area contributed by atoms with Crippen molar-refractivity contribution in [3.05, 3.63) is 59.6 Å². The van der Waals surface area contributed by atoms with Crippen molar-refractivity contribution in [2.75, 3.05) is 39.9 Å². The molecule has 2 amide bonds. The molecule has 3 aromatic rings. The van der Waals surface area contributed by atoms with E-state index in [-0.39, 0.29) is 24.8 Å². The van der Waals surface area contributed by atoms with Crippen LogP contribution in [0, 0.1) is 0 Å². The summed E-state index contributed by atoms with van der Waals surface area (Å²) in [7, 11) is 1.63. The van der Waals surface area contributed by atoms with Gasteiger partial charge in [-0.1, -0.05) is 12.1 Å². The highest BCUT2D eigenvalue weighted by Gasteiger charge is 2.33. The number of hydrogen-bond donors (Lipinski definition) is 0. The van der Waals surface area contributed by atoms with Gasteiger partial charge in [0.25, 0.3) is 5.91 Å². The minimum atomic E-state index is -0.663. The number of carbonyl (C=O) groups is 2. The number of hydrogen-bond acceptors (Lipinski definition) is 7. The number of rotatable bonds is 5. The maximum Gasteiger partial charge on any atom is 0.267 e. The lowest BCUT2D eigenvalue weighted by atomic mass is 10.2. The summed E-state index contributed by atoms with van der Waals surface area (Å²) >= 11 is 1.52. The van der Waals surface area contributed by atoms with Gasteiger partial charge >= 0.3 is 0 Å². The summed E-state index contributed by atoms with van der Waals surface area (Å²) in [6.07, 6.45) is -0.416. The van der Waals surface area contributed by atoms with Gasteiger partial charge in [0.1, 0.15) is 17.4 Å². The molecule has 1 fully saturated rings. The number of carbonyl (C=O) groups excluding carboxylic acids is 2. The molecule has 1 aromatic heterocycles. The molecule has 0 aliphatic carbocycles. The zero-order valence-electron chi connectivity index (χ0n) is 18.8. The highest BCUT2D eigenvalue weighted by molar-refractivity contribution is 7.13. The van der Waals surface area contributed by atoms with Gasteiger partial charge in [0.15, 0.2) is 11.5 Å². The van der Waals surface area contributed by atoms with Gasteiger partial charge in [0.2, 0.25) is 12.0 Å². The van der Waals surface area contributed by atoms with Crippen molar-refractivity contribution in [2.45, 2.75) is 12.5 Å². The molecule has 0 spiro atoms. The second kappa shape index (κ2) is 9.72. The largest absolute Gasteiger partial charge is 0.497 e. The number of benzene rings is 2. The van der Waals surface area contributed by atoms with E-state index >= 15 is 0 Å². The van der Waals surface area contributed by atoms with Gasteiger partial charge in [0.05, 0.1) is 19.2 Å². The molecule has 8 nitrogen and oxygen atoms in total. The van der Waals surface area contributed by atoms with Crippen LogP contribution in [-0.2, 0) is 16.0 Å². The topological polar surface area (TPSA) is 81.2 Å². The summed E-state index contributed by atoms with van der Waals surface area (Å²) in [5.74, 6) is 1.94. The Bertz CT molecular complexity index is 1170. The first-order valence-electron chi connectivity index (χ1n) is 11.1. The predicted octanol–water partition coefficient (Wildman–Crippen LogP) is 2.87. The fourth-order valence-electron chi connectivity index (χ4n) is 4.04. The van der Waals surface area contributed by atoms with Crippen LogP contribution >= 0.6 is 11.3 Å². The number of ether oxygens (including phenoxy) is 3. The van der Waals surface area contributed by atoms with Crippen molar-refractivity contribution in [2.24, 2.45) is 0 Å². The summed E-state index contributed by atoms with van der Waals surface area (Å²) in [6, 6.07) is 15.0. The summed E-state index contributed by atoms with van der Waals surface area (Å²) in [5, 5.41) is 2.80. The third kappa shape index (κ3) is 4.70. The van der Waals surface area contributed by atoms with Gasteiger partial charge in [-0.05, 0) is 36.4 Å². The Hall–Kier alpha value is -3.59. The minimum absolute atomic E-state index is 0.0184. The third-order valence-electron chi connectivity index (χ3n) is 5.95. The molecule has 3 heterocycles. The lowest BCUT2D eigenvalue weighted by molar-refractivity contribution is -0.146. The third-order valence-corrected chi connectivity index (χ3v) is 6.89. The van der Waals surface area contributed by atoms with Crippen molar-refractivity contribution >= 4 is 23.2 Å². The molecule has 2 aromatic carbocycles. The van der Waals surface area contributed by atoms with Crippen LogP contribution < -0.4 is 14.2 Å². The first-order chi connectivity index (χ1) is 16.6. The standard InChI is InChI=1S/C25H25N3O5S/c1-31-19-8-6-17(7-9-19)24-26-18(16-34-24)14-23(29)27-10-12-28(13-11-27)25(30)22-15-32-20-4-2-3-5-21(20)33-22/h2-9,16,22H,10-15H2,1H3. The van der Waals surface area contributed by atoms with Crippen LogP contribution in [0.2, 0.25) is 0 Å². The van der Waals surface area contributed by atoms with Gasteiger partial charge in [-0.15, -0.1) is 11.3 Å². The average Bonchev–Trinajstić information content (AvgIpc) is 3.36. The van der Waals surface area contributed by atoms with E-state index in [9.17, 15) is 9.59 Å². The fraction of sp³-hybridized carbons (Fsp3) is 0.320. The van der Waals surface area contributed by atoms with Crippen LogP contribution in [-0.4, -0.2) is 72.6 Å². The average molecular weight is 480 g/mol. The smallest absolute Gasteiger partial charge is 0.267 e. The molecule has 1 atom stereocenters. The van der Waals surface area contributed by atoms with Gasteiger partial charge in [-0.3, -0.25) is 9.59 Å². The first-order valence-corrected chi connectivity index (χ1v) is 12.0. The number of piperazine rings is 1. The number of para-hydroxylation sites is 2. The van der Waals surface area contributed by atoms with Crippen molar-refractivity contribution in [3.8, 4) is 27.8 Å². The van der Waals surface area contributed by atoms with Gasteiger partial charge in [0, 0.05) is 37.1 Å². The Balaban J connectivity index is 1.13. The van der Waals surface area contributed by atoms with E-state index in [0.717, 1.165) is 22.0 Å². The molecule has 1 saturated heterocycles. The van der Waals surface area contributed by atoms with Crippen LogP contribution in [0.3, 0.4) is 0 Å². The molecular formula is C25H25N3O5S. The Morgan fingerprint density at radius 2 is 1.74 bits per heavy atom. The predicted molar refractivity (Wildman–Crippen MR) is 127 cm³/mol. The molecule has 34 heavy (non-hydrogen) atoms. The number of nitrogens with zero attached hydrogens (tertiary/aromatic N) is 3. The molecule has 5 rings (SSSR count). The van der Waals surface area contributed by atoms with E-state index in [4.69, 9.17) is 14.2 Å². The molecule has 0 bridgehead atoms. The van der Waals surface area contributed by atoms with Gasteiger partial charge in [-0.2, -0.15) is 0 Å². The van der Waals surface area contributed by atoms with Crippen LogP contribution in [0.5, 0.6) is 17.2 Å². The van der Waals surface area contributed by atoms with Gasteiger partial charge in [-0.25, -0.2) is 4.98 Å². The van der Waals surface area contributed by atoms with E-state index in [1.54, 1.807) is 23.0 Å². The van der Waals surface area contributed by atoms with E-state index in [0.29, 0.717) is 37.7 Å². The van der Waals surface area contributed by atoms with Crippen molar-refractivity contribution in [1.82, 2.24) is 14.8 Å². The Morgan fingerprint density at radius 3 is 2.47 bits per heavy atom. The summed E-state index contributed by atoms with van der Waals surface area (Å²) < 4.78 is 16.7. The molecule has 0 saturated carbocycles. The van der Waals surface area contributed by atoms with Crippen LogP contribution in [0.4, 0.5) is 0 Å². The van der Waals surface area contributed by atoms with E-state index in [1.165, 1.54) is 11.3 Å². The zero-order chi connectivity index (χ0) is 23.5.